The summed E-state index contributed by atoms with van der Waals surface area (Å²) in [6.45, 7) is 7.76. The number of benzene rings is 2. The van der Waals surface area contributed by atoms with E-state index in [0.717, 1.165) is 16.8 Å². The minimum atomic E-state index is -2.94. The van der Waals surface area contributed by atoms with Gasteiger partial charge >= 0.3 is 6.09 Å². The van der Waals surface area contributed by atoms with Gasteiger partial charge in [0.05, 0.1) is 33.8 Å². The second-order valence-electron chi connectivity index (χ2n) is 7.64. The van der Waals surface area contributed by atoms with E-state index in [-0.39, 0.29) is 19.3 Å². The van der Waals surface area contributed by atoms with Crippen LogP contribution in [0.25, 0.3) is 10.9 Å². The SMILES string of the molecule is CC=S(=O)(NC(=O)OCC)c1cccc(COc2cc3ncnc(NC(C)C)c3cc2OC)c1. The third-order valence-corrected chi connectivity index (χ3v) is 6.92. The number of ether oxygens (including phenoxy) is 3. The van der Waals surface area contributed by atoms with Crippen LogP contribution in [0.1, 0.15) is 33.3 Å². The summed E-state index contributed by atoms with van der Waals surface area (Å²) in [6.07, 6.45) is 0.766. The fraction of sp³-hybridized carbons (Fsp3) is 0.333. The van der Waals surface area contributed by atoms with Crippen molar-refractivity contribution in [3.8, 4) is 11.5 Å². The summed E-state index contributed by atoms with van der Waals surface area (Å²) in [5, 5.41) is 5.59. The molecule has 34 heavy (non-hydrogen) atoms. The smallest absolute Gasteiger partial charge is 0.418 e. The fourth-order valence-electron chi connectivity index (χ4n) is 3.25. The van der Waals surface area contributed by atoms with Gasteiger partial charge in [-0.3, -0.25) is 0 Å². The molecule has 3 rings (SSSR count). The minimum absolute atomic E-state index is 0.187. The third kappa shape index (κ3) is 5.88. The molecule has 1 amide bonds. The minimum Gasteiger partial charge on any atom is -0.493 e. The van der Waals surface area contributed by atoms with Gasteiger partial charge in [0.25, 0.3) is 0 Å². The highest BCUT2D eigenvalue weighted by Gasteiger charge is 2.16. The Balaban J connectivity index is 1.86. The molecule has 2 aromatic carbocycles. The van der Waals surface area contributed by atoms with E-state index < -0.39 is 15.8 Å². The molecular weight excluding hydrogens is 456 g/mol. The quantitative estimate of drug-likeness (QED) is 0.434. The highest BCUT2D eigenvalue weighted by atomic mass is 32.2. The third-order valence-electron chi connectivity index (χ3n) is 4.83. The molecule has 0 bridgehead atoms. The lowest BCUT2D eigenvalue weighted by Crippen LogP contribution is -2.32. The van der Waals surface area contributed by atoms with Crippen molar-refractivity contribution in [1.82, 2.24) is 14.7 Å². The van der Waals surface area contributed by atoms with Gasteiger partial charge in [0.2, 0.25) is 0 Å². The molecule has 0 aliphatic rings. The van der Waals surface area contributed by atoms with Crippen LogP contribution in [0.5, 0.6) is 11.5 Å². The number of rotatable bonds is 9. The van der Waals surface area contributed by atoms with Crippen LogP contribution in [0, 0.1) is 0 Å². The molecule has 1 atom stereocenters. The van der Waals surface area contributed by atoms with E-state index >= 15 is 0 Å². The zero-order chi connectivity index (χ0) is 24.7. The number of amides is 1. The molecule has 0 aliphatic carbocycles. The number of nitrogens with zero attached hydrogens (tertiary/aromatic N) is 2. The van der Waals surface area contributed by atoms with Gasteiger partial charge in [-0.2, -0.15) is 0 Å². The Morgan fingerprint density at radius 2 is 1.97 bits per heavy atom. The second kappa shape index (κ2) is 11.1. The zero-order valence-corrected chi connectivity index (χ0v) is 20.8. The van der Waals surface area contributed by atoms with Crippen molar-refractivity contribution in [3.05, 3.63) is 48.3 Å². The van der Waals surface area contributed by atoms with E-state index in [1.54, 1.807) is 45.2 Å². The standard InChI is InChI=1S/C24H30N4O5S/c1-6-32-24(29)28-34(30,7-2)18-10-8-9-17(11-18)14-33-22-13-20-19(12-21(22)31-5)23(26-15-25-20)27-16(3)4/h7-13,15-16H,6,14H2,1-5H3,(H,25,26,27)(H,28,29,30). The molecule has 0 saturated carbocycles. The van der Waals surface area contributed by atoms with Crippen molar-refractivity contribution in [3.63, 3.8) is 0 Å². The molecule has 0 saturated heterocycles. The summed E-state index contributed by atoms with van der Waals surface area (Å²) in [4.78, 5) is 21.0. The molecule has 2 N–H and O–H groups in total. The summed E-state index contributed by atoms with van der Waals surface area (Å²) in [6, 6.07) is 10.9. The molecule has 0 spiro atoms. The summed E-state index contributed by atoms with van der Waals surface area (Å²) < 4.78 is 32.2. The average molecular weight is 487 g/mol. The van der Waals surface area contributed by atoms with Gasteiger partial charge in [0.1, 0.15) is 18.8 Å². The molecule has 182 valence electrons. The molecular formula is C24H30N4O5S. The molecule has 1 unspecified atom stereocenters. The lowest BCUT2D eigenvalue weighted by molar-refractivity contribution is 0.159. The van der Waals surface area contributed by atoms with Crippen LogP contribution in [0.3, 0.4) is 0 Å². The summed E-state index contributed by atoms with van der Waals surface area (Å²) in [5.74, 6) is 1.78. The van der Waals surface area contributed by atoms with Crippen molar-refractivity contribution >= 4 is 37.9 Å². The van der Waals surface area contributed by atoms with Crippen molar-refractivity contribution < 1.29 is 23.2 Å². The highest BCUT2D eigenvalue weighted by Crippen LogP contribution is 2.34. The first-order valence-corrected chi connectivity index (χ1v) is 12.5. The molecule has 9 nitrogen and oxygen atoms in total. The largest absolute Gasteiger partial charge is 0.493 e. The lowest BCUT2D eigenvalue weighted by atomic mass is 10.2. The van der Waals surface area contributed by atoms with Crippen LogP contribution >= 0.6 is 0 Å². The molecule has 0 fully saturated rings. The van der Waals surface area contributed by atoms with Gasteiger partial charge in [-0.25, -0.2) is 23.7 Å². The number of nitrogens with one attached hydrogen (secondary N) is 2. The Kier molecular flexibility index (Phi) is 8.17. The van der Waals surface area contributed by atoms with Crippen molar-refractivity contribution in [2.75, 3.05) is 19.0 Å². The molecule has 1 heterocycles. The van der Waals surface area contributed by atoms with Crippen LogP contribution in [-0.4, -0.2) is 45.4 Å². The predicted molar refractivity (Wildman–Crippen MR) is 134 cm³/mol. The maximum atomic E-state index is 13.3. The number of fused-ring (bicyclic) bond motifs is 1. The van der Waals surface area contributed by atoms with E-state index in [1.165, 1.54) is 11.7 Å². The average Bonchev–Trinajstić information content (AvgIpc) is 2.82. The lowest BCUT2D eigenvalue weighted by Gasteiger charge is -2.16. The molecule has 10 heteroatoms. The van der Waals surface area contributed by atoms with Gasteiger partial charge in [0, 0.05) is 17.5 Å². The second-order valence-corrected chi connectivity index (χ2v) is 9.98. The Morgan fingerprint density at radius 3 is 2.65 bits per heavy atom. The number of carbonyl (C=O) groups excluding carboxylic acids is 1. The van der Waals surface area contributed by atoms with E-state index in [4.69, 9.17) is 14.2 Å². The van der Waals surface area contributed by atoms with Gasteiger partial charge < -0.3 is 19.5 Å². The van der Waals surface area contributed by atoms with Crippen LogP contribution in [0.2, 0.25) is 0 Å². The van der Waals surface area contributed by atoms with Gasteiger partial charge in [0.15, 0.2) is 11.5 Å². The number of hydrogen-bond donors (Lipinski definition) is 2. The van der Waals surface area contributed by atoms with Gasteiger partial charge in [-0.05, 0) is 56.8 Å². The van der Waals surface area contributed by atoms with Crippen molar-refractivity contribution in [2.24, 2.45) is 0 Å². The predicted octanol–water partition coefficient (Wildman–Crippen LogP) is 4.16. The number of anilines is 1. The Hall–Kier alpha value is -3.53. The Labute approximate surface area is 200 Å². The fourth-order valence-corrected chi connectivity index (χ4v) is 4.67. The van der Waals surface area contributed by atoms with E-state index in [9.17, 15) is 9.00 Å². The highest BCUT2D eigenvalue weighted by molar-refractivity contribution is 8.00. The first-order chi connectivity index (χ1) is 16.3. The topological polar surface area (TPSA) is 112 Å². The zero-order valence-electron chi connectivity index (χ0n) is 20.0. The first kappa shape index (κ1) is 25.1. The number of aromatic nitrogens is 2. The molecule has 1 aromatic heterocycles. The maximum Gasteiger partial charge on any atom is 0.418 e. The number of methoxy groups -OCH3 is 1. The van der Waals surface area contributed by atoms with E-state index in [2.05, 4.69) is 20.0 Å². The normalized spacial score (nSPS) is 12.6. The monoisotopic (exact) mass is 486 g/mol. The van der Waals surface area contributed by atoms with Crippen LogP contribution < -0.4 is 19.5 Å². The van der Waals surface area contributed by atoms with Crippen molar-refractivity contribution in [1.29, 1.82) is 0 Å². The Morgan fingerprint density at radius 1 is 1.18 bits per heavy atom. The Bertz CT molecular complexity index is 1290. The summed E-state index contributed by atoms with van der Waals surface area (Å²) >= 11 is 0. The summed E-state index contributed by atoms with van der Waals surface area (Å²) in [5.41, 5.74) is 1.48. The molecule has 0 radical (unpaired) electrons. The van der Waals surface area contributed by atoms with Crippen LogP contribution in [0.4, 0.5) is 10.6 Å². The van der Waals surface area contributed by atoms with Gasteiger partial charge in [-0.1, -0.05) is 12.1 Å². The van der Waals surface area contributed by atoms with Crippen LogP contribution in [0.15, 0.2) is 47.6 Å². The number of carbonyl (C=O) groups is 1. The van der Waals surface area contributed by atoms with E-state index in [1.807, 2.05) is 26.0 Å². The molecule has 3 aromatic rings. The maximum absolute atomic E-state index is 13.3. The first-order valence-electron chi connectivity index (χ1n) is 10.9. The number of hydrogen-bond acceptors (Lipinski definition) is 8. The van der Waals surface area contributed by atoms with Gasteiger partial charge in [-0.15, -0.1) is 0 Å². The molecule has 0 aliphatic heterocycles. The van der Waals surface area contributed by atoms with E-state index in [0.29, 0.717) is 21.9 Å². The van der Waals surface area contributed by atoms with Crippen LogP contribution in [-0.2, 0) is 21.1 Å². The van der Waals surface area contributed by atoms with Crippen molar-refractivity contribution in [2.45, 2.75) is 45.2 Å². The summed E-state index contributed by atoms with van der Waals surface area (Å²) in [7, 11) is -1.37.